The molecule has 0 radical (unpaired) electrons. The molecule has 0 fully saturated rings. The average molecular weight is 192 g/mol. The summed E-state index contributed by atoms with van der Waals surface area (Å²) in [6, 6.07) is 3.35. The van der Waals surface area contributed by atoms with Crippen LogP contribution in [0.2, 0.25) is 0 Å². The lowest BCUT2D eigenvalue weighted by molar-refractivity contribution is 0.656. The molecule has 0 atom stereocenters. The molecule has 0 aliphatic rings. The zero-order valence-corrected chi connectivity index (χ0v) is 8.27. The quantitative estimate of drug-likeness (QED) is 0.687. The monoisotopic (exact) mass is 192 g/mol. The van der Waals surface area contributed by atoms with Gasteiger partial charge in [0.15, 0.2) is 0 Å². The zero-order valence-electron chi connectivity index (χ0n) is 8.27. The molecule has 0 saturated carbocycles. The van der Waals surface area contributed by atoms with E-state index in [2.05, 4.69) is 5.10 Å². The first-order chi connectivity index (χ1) is 6.69. The van der Waals surface area contributed by atoms with Crippen LogP contribution in [0.5, 0.6) is 0 Å². The highest BCUT2D eigenvalue weighted by Crippen LogP contribution is 2.05. The van der Waals surface area contributed by atoms with Crippen molar-refractivity contribution in [2.24, 2.45) is 0 Å². The van der Waals surface area contributed by atoms with Gasteiger partial charge in [0.2, 0.25) is 0 Å². The Balaban J connectivity index is 3.02. The molecule has 0 amide bonds. The van der Waals surface area contributed by atoms with Crippen molar-refractivity contribution in [3.8, 4) is 6.07 Å². The predicted octanol–water partition coefficient (Wildman–Crippen LogP) is 0.223. The molecule has 0 unspecified atom stereocenters. The van der Waals surface area contributed by atoms with E-state index in [1.54, 1.807) is 6.20 Å². The summed E-state index contributed by atoms with van der Waals surface area (Å²) in [7, 11) is 1.88. The first kappa shape index (κ1) is 10.3. The number of hydrogen-bond acceptors (Lipinski definition) is 4. The number of anilines is 1. The van der Waals surface area contributed by atoms with Gasteiger partial charge in [0.25, 0.3) is 5.56 Å². The van der Waals surface area contributed by atoms with E-state index in [0.717, 1.165) is 16.9 Å². The smallest absolute Gasteiger partial charge is 0.269 e. The predicted molar refractivity (Wildman–Crippen MR) is 53.1 cm³/mol. The molecular weight excluding hydrogens is 180 g/mol. The molecule has 0 N–H and O–H groups in total. The maximum atomic E-state index is 11.4. The normalized spacial score (nSPS) is 9.50. The molecule has 0 aromatic carbocycles. The van der Waals surface area contributed by atoms with E-state index >= 15 is 0 Å². The first-order valence-corrected chi connectivity index (χ1v) is 4.34. The molecular formula is C9H12N4O. The molecule has 0 saturated heterocycles. The summed E-state index contributed by atoms with van der Waals surface area (Å²) >= 11 is 0. The Labute approximate surface area is 82.2 Å². The second-order valence-electron chi connectivity index (χ2n) is 2.88. The second kappa shape index (κ2) is 4.42. The third kappa shape index (κ3) is 2.10. The lowest BCUT2D eigenvalue weighted by Crippen LogP contribution is -2.25. The summed E-state index contributed by atoms with van der Waals surface area (Å²) in [5.74, 6) is 0. The number of hydrogen-bond donors (Lipinski definition) is 0. The summed E-state index contributed by atoms with van der Waals surface area (Å²) in [4.78, 5) is 13.3. The molecule has 0 spiro atoms. The van der Waals surface area contributed by atoms with Gasteiger partial charge in [-0.05, 0) is 6.92 Å². The van der Waals surface area contributed by atoms with E-state index in [4.69, 9.17) is 5.26 Å². The summed E-state index contributed by atoms with van der Waals surface area (Å²) in [5.41, 5.74) is 0.524. The molecule has 1 rings (SSSR count). The van der Waals surface area contributed by atoms with Crippen LogP contribution in [0.1, 0.15) is 6.92 Å². The van der Waals surface area contributed by atoms with E-state index in [1.807, 2.05) is 24.9 Å². The van der Waals surface area contributed by atoms with Crippen LogP contribution in [-0.2, 0) is 6.54 Å². The van der Waals surface area contributed by atoms with Crippen LogP contribution in [-0.4, -0.2) is 23.4 Å². The van der Waals surface area contributed by atoms with Crippen LogP contribution in [0.15, 0.2) is 17.1 Å². The number of rotatable bonds is 3. The average Bonchev–Trinajstić information content (AvgIpc) is 2.20. The van der Waals surface area contributed by atoms with Gasteiger partial charge in [-0.1, -0.05) is 0 Å². The van der Waals surface area contributed by atoms with Crippen LogP contribution in [0.3, 0.4) is 0 Å². The Hall–Kier alpha value is -1.83. The molecule has 0 bridgehead atoms. The third-order valence-electron chi connectivity index (χ3n) is 1.99. The van der Waals surface area contributed by atoms with Gasteiger partial charge in [-0.3, -0.25) is 4.79 Å². The van der Waals surface area contributed by atoms with Crippen molar-refractivity contribution in [3.63, 3.8) is 0 Å². The highest BCUT2D eigenvalue weighted by molar-refractivity contribution is 5.41. The summed E-state index contributed by atoms with van der Waals surface area (Å²) in [5, 5.41) is 12.3. The Morgan fingerprint density at radius 1 is 1.71 bits per heavy atom. The van der Waals surface area contributed by atoms with Crippen molar-refractivity contribution in [1.29, 1.82) is 5.26 Å². The second-order valence-corrected chi connectivity index (χ2v) is 2.88. The molecule has 5 nitrogen and oxygen atoms in total. The lowest BCUT2D eigenvalue weighted by atomic mass is 10.4. The van der Waals surface area contributed by atoms with Gasteiger partial charge < -0.3 is 4.90 Å². The number of nitriles is 1. The fourth-order valence-corrected chi connectivity index (χ4v) is 1.00. The van der Waals surface area contributed by atoms with Crippen LogP contribution in [0, 0.1) is 11.3 Å². The highest BCUT2D eigenvalue weighted by Gasteiger charge is 2.02. The van der Waals surface area contributed by atoms with Gasteiger partial charge >= 0.3 is 0 Å². The summed E-state index contributed by atoms with van der Waals surface area (Å²) in [6.45, 7) is 2.79. The SMILES string of the molecule is CCN(C)c1cnn(CC#N)c(=O)c1. The molecule has 14 heavy (non-hydrogen) atoms. The lowest BCUT2D eigenvalue weighted by Gasteiger charge is -2.15. The van der Waals surface area contributed by atoms with Crippen molar-refractivity contribution < 1.29 is 0 Å². The Morgan fingerprint density at radius 2 is 2.43 bits per heavy atom. The van der Waals surface area contributed by atoms with Crippen molar-refractivity contribution in [2.45, 2.75) is 13.5 Å². The van der Waals surface area contributed by atoms with Gasteiger partial charge in [-0.25, -0.2) is 4.68 Å². The van der Waals surface area contributed by atoms with Gasteiger partial charge in [-0.2, -0.15) is 10.4 Å². The van der Waals surface area contributed by atoms with E-state index in [1.165, 1.54) is 6.07 Å². The summed E-state index contributed by atoms with van der Waals surface area (Å²) in [6.07, 6.45) is 1.59. The van der Waals surface area contributed by atoms with Crippen LogP contribution >= 0.6 is 0 Å². The summed E-state index contributed by atoms with van der Waals surface area (Å²) < 4.78 is 1.13. The Morgan fingerprint density at radius 3 is 2.93 bits per heavy atom. The Kier molecular flexibility index (Phi) is 3.24. The molecule has 0 aliphatic carbocycles. The van der Waals surface area contributed by atoms with Gasteiger partial charge in [0.1, 0.15) is 6.54 Å². The molecule has 1 heterocycles. The van der Waals surface area contributed by atoms with Crippen molar-refractivity contribution in [3.05, 3.63) is 22.6 Å². The number of nitrogens with zero attached hydrogens (tertiary/aromatic N) is 4. The molecule has 0 aliphatic heterocycles. The fourth-order valence-electron chi connectivity index (χ4n) is 1.00. The van der Waals surface area contributed by atoms with E-state index < -0.39 is 0 Å². The van der Waals surface area contributed by atoms with Crippen molar-refractivity contribution >= 4 is 5.69 Å². The van der Waals surface area contributed by atoms with Crippen molar-refractivity contribution in [1.82, 2.24) is 9.78 Å². The van der Waals surface area contributed by atoms with Gasteiger partial charge in [0, 0.05) is 19.7 Å². The minimum absolute atomic E-state index is 0.00501. The van der Waals surface area contributed by atoms with E-state index in [0.29, 0.717) is 0 Å². The maximum Gasteiger partial charge on any atom is 0.269 e. The molecule has 1 aromatic rings. The Bertz CT molecular complexity index is 404. The van der Waals surface area contributed by atoms with E-state index in [9.17, 15) is 4.79 Å². The minimum Gasteiger partial charge on any atom is -0.373 e. The standard InChI is InChI=1S/C9H12N4O/c1-3-12(2)8-6-9(14)13(5-4-10)11-7-8/h6-7H,3,5H2,1-2H3. The van der Waals surface area contributed by atoms with Gasteiger partial charge in [0.05, 0.1) is 18.0 Å². The van der Waals surface area contributed by atoms with Crippen LogP contribution in [0.4, 0.5) is 5.69 Å². The third-order valence-corrected chi connectivity index (χ3v) is 1.99. The van der Waals surface area contributed by atoms with Crippen LogP contribution < -0.4 is 10.5 Å². The molecule has 5 heteroatoms. The zero-order chi connectivity index (χ0) is 10.6. The molecule has 1 aromatic heterocycles. The van der Waals surface area contributed by atoms with Gasteiger partial charge in [-0.15, -0.1) is 0 Å². The van der Waals surface area contributed by atoms with Crippen LogP contribution in [0.25, 0.3) is 0 Å². The highest BCUT2D eigenvalue weighted by atomic mass is 16.1. The van der Waals surface area contributed by atoms with E-state index in [-0.39, 0.29) is 12.1 Å². The maximum absolute atomic E-state index is 11.4. The molecule has 74 valence electrons. The topological polar surface area (TPSA) is 61.9 Å². The first-order valence-electron chi connectivity index (χ1n) is 4.34. The minimum atomic E-state index is -0.246. The van der Waals surface area contributed by atoms with Crippen molar-refractivity contribution in [2.75, 3.05) is 18.5 Å². The number of aromatic nitrogens is 2. The largest absolute Gasteiger partial charge is 0.373 e. The fraction of sp³-hybridized carbons (Fsp3) is 0.444.